The molecule has 18 heavy (non-hydrogen) atoms. The van der Waals surface area contributed by atoms with E-state index in [0.717, 1.165) is 19.4 Å². The lowest BCUT2D eigenvalue weighted by molar-refractivity contribution is -0.384. The summed E-state index contributed by atoms with van der Waals surface area (Å²) in [5.41, 5.74) is 5.57. The molecule has 1 saturated heterocycles. The number of aromatic nitrogens is 1. The molecule has 1 aromatic heterocycles. The van der Waals surface area contributed by atoms with Crippen LogP contribution in [0, 0.1) is 10.1 Å². The van der Waals surface area contributed by atoms with Crippen LogP contribution in [0.25, 0.3) is 0 Å². The van der Waals surface area contributed by atoms with Gasteiger partial charge in [0, 0.05) is 20.2 Å². The van der Waals surface area contributed by atoms with Crippen LogP contribution >= 0.6 is 0 Å². The molecular formula is C11H16N4O3. The van der Waals surface area contributed by atoms with Crippen molar-refractivity contribution in [1.82, 2.24) is 4.98 Å². The van der Waals surface area contributed by atoms with Crippen molar-refractivity contribution >= 4 is 17.3 Å². The molecule has 0 spiro atoms. The Morgan fingerprint density at radius 2 is 2.39 bits per heavy atom. The Kier molecular flexibility index (Phi) is 3.61. The van der Waals surface area contributed by atoms with Gasteiger partial charge in [-0.15, -0.1) is 0 Å². The Morgan fingerprint density at radius 3 is 3.06 bits per heavy atom. The Labute approximate surface area is 105 Å². The molecule has 0 bridgehead atoms. The van der Waals surface area contributed by atoms with Gasteiger partial charge in [0.05, 0.1) is 23.2 Å². The summed E-state index contributed by atoms with van der Waals surface area (Å²) < 4.78 is 5.32. The number of nitrogens with two attached hydrogens (primary N) is 1. The molecule has 0 aromatic carbocycles. The van der Waals surface area contributed by atoms with E-state index < -0.39 is 4.92 Å². The summed E-state index contributed by atoms with van der Waals surface area (Å²) in [4.78, 5) is 16.5. The van der Waals surface area contributed by atoms with Gasteiger partial charge in [-0.3, -0.25) is 10.1 Å². The molecule has 7 heteroatoms. The van der Waals surface area contributed by atoms with Crippen LogP contribution in [0.4, 0.5) is 17.3 Å². The third kappa shape index (κ3) is 2.67. The molecule has 0 amide bonds. The van der Waals surface area contributed by atoms with Crippen molar-refractivity contribution in [3.05, 3.63) is 22.2 Å². The number of nitrogens with zero attached hydrogens (tertiary/aromatic N) is 3. The van der Waals surface area contributed by atoms with Gasteiger partial charge in [-0.25, -0.2) is 4.98 Å². The van der Waals surface area contributed by atoms with Gasteiger partial charge in [-0.1, -0.05) is 0 Å². The van der Waals surface area contributed by atoms with Crippen molar-refractivity contribution in [3.8, 4) is 0 Å². The monoisotopic (exact) mass is 252 g/mol. The second kappa shape index (κ2) is 5.18. The molecule has 1 atom stereocenters. The minimum absolute atomic E-state index is 0.0305. The molecule has 1 aliphatic heterocycles. The number of nitro groups is 1. The number of hydrogen-bond donors (Lipinski definition) is 1. The molecule has 1 aliphatic rings. The average molecular weight is 252 g/mol. The lowest BCUT2D eigenvalue weighted by atomic mass is 10.1. The molecular weight excluding hydrogens is 236 g/mol. The minimum atomic E-state index is -0.459. The van der Waals surface area contributed by atoms with Crippen LogP contribution < -0.4 is 10.6 Å². The second-order valence-electron chi connectivity index (χ2n) is 4.31. The number of rotatable bonds is 3. The van der Waals surface area contributed by atoms with E-state index >= 15 is 0 Å². The van der Waals surface area contributed by atoms with Crippen LogP contribution in [-0.4, -0.2) is 36.2 Å². The van der Waals surface area contributed by atoms with E-state index in [0.29, 0.717) is 12.4 Å². The van der Waals surface area contributed by atoms with Crippen LogP contribution in [0.5, 0.6) is 0 Å². The minimum Gasteiger partial charge on any atom is -0.383 e. The van der Waals surface area contributed by atoms with Gasteiger partial charge >= 0.3 is 0 Å². The fourth-order valence-electron chi connectivity index (χ4n) is 2.13. The number of anilines is 2. The topological polar surface area (TPSA) is 94.5 Å². The maximum absolute atomic E-state index is 10.8. The zero-order valence-corrected chi connectivity index (χ0v) is 10.2. The van der Waals surface area contributed by atoms with Crippen molar-refractivity contribution in [3.63, 3.8) is 0 Å². The number of pyridine rings is 1. The summed E-state index contributed by atoms with van der Waals surface area (Å²) in [5.74, 6) is 0.710. The predicted molar refractivity (Wildman–Crippen MR) is 67.5 cm³/mol. The Balaban J connectivity index is 2.24. The van der Waals surface area contributed by atoms with Gasteiger partial charge in [0.25, 0.3) is 5.69 Å². The third-order valence-electron chi connectivity index (χ3n) is 3.06. The first-order valence-electron chi connectivity index (χ1n) is 5.80. The molecule has 2 N–H and O–H groups in total. The Morgan fingerprint density at radius 1 is 1.61 bits per heavy atom. The van der Waals surface area contributed by atoms with E-state index in [4.69, 9.17) is 10.5 Å². The highest BCUT2D eigenvalue weighted by Gasteiger charge is 2.22. The van der Waals surface area contributed by atoms with Crippen molar-refractivity contribution in [2.24, 2.45) is 0 Å². The lowest BCUT2D eigenvalue weighted by Gasteiger charge is -2.32. The molecule has 2 heterocycles. The van der Waals surface area contributed by atoms with Gasteiger partial charge in [-0.2, -0.15) is 0 Å². The van der Waals surface area contributed by atoms with Crippen LogP contribution in [0.15, 0.2) is 12.1 Å². The molecule has 1 aromatic rings. The number of ether oxygens (including phenoxy) is 1. The van der Waals surface area contributed by atoms with Gasteiger partial charge in [0.2, 0.25) is 0 Å². The van der Waals surface area contributed by atoms with E-state index in [9.17, 15) is 10.1 Å². The lowest BCUT2D eigenvalue weighted by Crippen LogP contribution is -2.39. The fraction of sp³-hybridized carbons (Fsp3) is 0.545. The highest BCUT2D eigenvalue weighted by atomic mass is 16.6. The van der Waals surface area contributed by atoms with E-state index in [1.165, 1.54) is 12.1 Å². The van der Waals surface area contributed by atoms with E-state index in [-0.39, 0.29) is 17.6 Å². The Bertz CT molecular complexity index is 452. The number of piperidine rings is 1. The summed E-state index contributed by atoms with van der Waals surface area (Å²) in [5, 5.41) is 10.8. The first-order chi connectivity index (χ1) is 8.60. The van der Waals surface area contributed by atoms with Crippen LogP contribution in [0.1, 0.15) is 12.8 Å². The summed E-state index contributed by atoms with van der Waals surface area (Å²) in [7, 11) is 1.67. The Hall–Kier alpha value is -1.89. The maximum Gasteiger partial charge on any atom is 0.276 e. The van der Waals surface area contributed by atoms with Crippen LogP contribution in [-0.2, 0) is 4.74 Å². The van der Waals surface area contributed by atoms with Gasteiger partial charge in [0.1, 0.15) is 11.6 Å². The fourth-order valence-corrected chi connectivity index (χ4v) is 2.13. The van der Waals surface area contributed by atoms with E-state index in [2.05, 4.69) is 4.98 Å². The normalized spacial score (nSPS) is 19.8. The van der Waals surface area contributed by atoms with Crippen molar-refractivity contribution in [2.45, 2.75) is 18.9 Å². The average Bonchev–Trinajstić information content (AvgIpc) is 2.38. The predicted octanol–water partition coefficient (Wildman–Crippen LogP) is 1.19. The maximum atomic E-state index is 10.8. The van der Waals surface area contributed by atoms with Crippen LogP contribution in [0.3, 0.4) is 0 Å². The summed E-state index contributed by atoms with van der Waals surface area (Å²) in [6, 6.07) is 2.72. The zero-order valence-electron chi connectivity index (χ0n) is 10.2. The van der Waals surface area contributed by atoms with Crippen molar-refractivity contribution in [1.29, 1.82) is 0 Å². The standard InChI is InChI=1S/C11H16N4O3/c1-18-9-3-2-4-14(7-9)11-6-8(15(16)17)5-10(12)13-11/h5-6,9H,2-4,7H2,1H3,(H2,12,13). The molecule has 1 unspecified atom stereocenters. The summed E-state index contributed by atoms with van der Waals surface area (Å²) in [6.07, 6.45) is 2.11. The van der Waals surface area contributed by atoms with E-state index in [1.807, 2.05) is 4.90 Å². The van der Waals surface area contributed by atoms with E-state index in [1.54, 1.807) is 7.11 Å². The molecule has 0 saturated carbocycles. The first kappa shape index (κ1) is 12.6. The smallest absolute Gasteiger partial charge is 0.276 e. The second-order valence-corrected chi connectivity index (χ2v) is 4.31. The highest BCUT2D eigenvalue weighted by molar-refractivity contribution is 5.54. The molecule has 7 nitrogen and oxygen atoms in total. The van der Waals surface area contributed by atoms with Gasteiger partial charge < -0.3 is 15.4 Å². The quantitative estimate of drug-likeness (QED) is 0.641. The molecule has 0 aliphatic carbocycles. The molecule has 0 radical (unpaired) electrons. The van der Waals surface area contributed by atoms with Crippen molar-refractivity contribution < 1.29 is 9.66 Å². The first-order valence-corrected chi connectivity index (χ1v) is 5.80. The van der Waals surface area contributed by atoms with Crippen molar-refractivity contribution in [2.75, 3.05) is 30.8 Å². The summed E-state index contributed by atoms with van der Waals surface area (Å²) in [6.45, 7) is 1.50. The highest BCUT2D eigenvalue weighted by Crippen LogP contribution is 2.25. The van der Waals surface area contributed by atoms with Gasteiger partial charge in [0.15, 0.2) is 0 Å². The number of hydrogen-bond acceptors (Lipinski definition) is 6. The zero-order chi connectivity index (χ0) is 13.1. The SMILES string of the molecule is COC1CCCN(c2cc([N+](=O)[O-])cc(N)n2)C1. The van der Waals surface area contributed by atoms with Gasteiger partial charge in [-0.05, 0) is 12.8 Å². The molecule has 1 fully saturated rings. The van der Waals surface area contributed by atoms with Crippen LogP contribution in [0.2, 0.25) is 0 Å². The largest absolute Gasteiger partial charge is 0.383 e. The molecule has 98 valence electrons. The molecule has 2 rings (SSSR count). The number of nitrogen functional groups attached to an aromatic ring is 1. The summed E-state index contributed by atoms with van der Waals surface area (Å²) >= 11 is 0. The number of methoxy groups -OCH3 is 1. The third-order valence-corrected chi connectivity index (χ3v) is 3.06.